The summed E-state index contributed by atoms with van der Waals surface area (Å²) in [5.41, 5.74) is 6.35. The van der Waals surface area contributed by atoms with E-state index in [0.717, 1.165) is 0 Å². The highest BCUT2D eigenvalue weighted by molar-refractivity contribution is 6.34. The quantitative estimate of drug-likeness (QED) is 0.259. The molecule has 0 atom stereocenters. The molecule has 0 unspecified atom stereocenters. The predicted molar refractivity (Wildman–Crippen MR) is 56.3 cm³/mol. The van der Waals surface area contributed by atoms with E-state index in [0.29, 0.717) is 16.4 Å². The summed E-state index contributed by atoms with van der Waals surface area (Å²) < 4.78 is 0. The minimum Gasteiger partial charge on any atom is -0.397 e. The van der Waals surface area contributed by atoms with Gasteiger partial charge in [0.15, 0.2) is 5.84 Å². The van der Waals surface area contributed by atoms with E-state index in [9.17, 15) is 0 Å². The van der Waals surface area contributed by atoms with Crippen molar-refractivity contribution >= 4 is 23.1 Å². The molecule has 0 fully saturated rings. The van der Waals surface area contributed by atoms with Crippen LogP contribution in [0.25, 0.3) is 0 Å². The summed E-state index contributed by atoms with van der Waals surface area (Å²) in [5.74, 6) is 10.9. The molecular weight excluding hydrogens is 204 g/mol. The topological polar surface area (TPSA) is 107 Å². The van der Waals surface area contributed by atoms with Gasteiger partial charge in [-0.15, -0.1) is 0 Å². The fraction of sp³-hybridized carbons (Fsp3) is 0.143. The number of amidine groups is 1. The third-order valence-electron chi connectivity index (χ3n) is 1.53. The van der Waals surface area contributed by atoms with Crippen LogP contribution in [0.3, 0.4) is 0 Å². The zero-order valence-electron chi connectivity index (χ0n) is 7.61. The molecule has 0 amide bonds. The minimum absolute atomic E-state index is 0.287. The van der Waals surface area contributed by atoms with Crippen molar-refractivity contribution in [2.45, 2.75) is 0 Å². The molecule has 6 N–H and O–H groups in total. The highest BCUT2D eigenvalue weighted by Crippen LogP contribution is 2.17. The number of nitrogen functional groups attached to an aromatic ring is 1. The molecule has 7 heteroatoms. The van der Waals surface area contributed by atoms with Crippen LogP contribution >= 0.6 is 11.6 Å². The van der Waals surface area contributed by atoms with Crippen LogP contribution < -0.4 is 17.4 Å². The Balaban J connectivity index is 3.19. The van der Waals surface area contributed by atoms with Crippen molar-refractivity contribution in [2.24, 2.45) is 16.8 Å². The molecule has 0 aliphatic carbocycles. The third kappa shape index (κ3) is 2.04. The van der Waals surface area contributed by atoms with E-state index in [1.165, 1.54) is 11.2 Å². The third-order valence-corrected chi connectivity index (χ3v) is 1.82. The zero-order valence-corrected chi connectivity index (χ0v) is 8.36. The van der Waals surface area contributed by atoms with Gasteiger partial charge in [-0.05, 0) is 6.07 Å². The number of hydrogen-bond acceptors (Lipinski definition) is 5. The molecular formula is C7H11ClN6. The molecule has 0 saturated heterocycles. The van der Waals surface area contributed by atoms with Gasteiger partial charge in [-0.3, -0.25) is 5.01 Å². The van der Waals surface area contributed by atoms with Crippen molar-refractivity contribution in [3.05, 3.63) is 23.0 Å². The lowest BCUT2D eigenvalue weighted by molar-refractivity contribution is 0.536. The lowest BCUT2D eigenvalue weighted by Gasteiger charge is -2.14. The Kier molecular flexibility index (Phi) is 3.10. The Morgan fingerprint density at radius 1 is 1.64 bits per heavy atom. The monoisotopic (exact) mass is 214 g/mol. The fourth-order valence-electron chi connectivity index (χ4n) is 0.937. The number of nitrogens with zero attached hydrogens (tertiary/aromatic N) is 3. The van der Waals surface area contributed by atoms with E-state index in [1.54, 1.807) is 13.1 Å². The van der Waals surface area contributed by atoms with Gasteiger partial charge < -0.3 is 11.6 Å². The number of hydrazine groups is 1. The average Bonchev–Trinajstić information content (AvgIpc) is 2.09. The van der Waals surface area contributed by atoms with Crippen molar-refractivity contribution in [3.63, 3.8) is 0 Å². The van der Waals surface area contributed by atoms with Crippen molar-refractivity contribution in [2.75, 3.05) is 12.8 Å². The number of aromatic nitrogens is 1. The van der Waals surface area contributed by atoms with Gasteiger partial charge in [-0.1, -0.05) is 11.6 Å². The van der Waals surface area contributed by atoms with Crippen LogP contribution in [-0.4, -0.2) is 22.9 Å². The maximum absolute atomic E-state index is 5.89. The van der Waals surface area contributed by atoms with E-state index < -0.39 is 0 Å². The average molecular weight is 215 g/mol. The minimum atomic E-state index is 0.287. The largest absolute Gasteiger partial charge is 0.397 e. The molecule has 1 aromatic heterocycles. The van der Waals surface area contributed by atoms with Crippen LogP contribution in [0.1, 0.15) is 5.69 Å². The Morgan fingerprint density at radius 3 is 2.71 bits per heavy atom. The van der Waals surface area contributed by atoms with Gasteiger partial charge in [0.25, 0.3) is 0 Å². The van der Waals surface area contributed by atoms with Crippen LogP contribution in [0.4, 0.5) is 5.69 Å². The molecule has 0 aliphatic heterocycles. The van der Waals surface area contributed by atoms with E-state index in [4.69, 9.17) is 29.0 Å². The van der Waals surface area contributed by atoms with Crippen molar-refractivity contribution < 1.29 is 0 Å². The zero-order chi connectivity index (χ0) is 10.7. The molecule has 14 heavy (non-hydrogen) atoms. The van der Waals surface area contributed by atoms with Crippen molar-refractivity contribution in [1.82, 2.24) is 9.99 Å². The Labute approximate surface area is 86.3 Å². The first kappa shape index (κ1) is 10.6. The summed E-state index contributed by atoms with van der Waals surface area (Å²) in [6, 6.07) is 1.55. The smallest absolute Gasteiger partial charge is 0.189 e. The summed E-state index contributed by atoms with van der Waals surface area (Å²) in [4.78, 5) is 3.98. The summed E-state index contributed by atoms with van der Waals surface area (Å²) in [7, 11) is 1.58. The maximum atomic E-state index is 5.89. The Hall–Kier alpha value is -1.53. The van der Waals surface area contributed by atoms with Gasteiger partial charge in [-0.2, -0.15) is 5.10 Å². The molecule has 0 aliphatic rings. The Bertz CT molecular complexity index is 361. The van der Waals surface area contributed by atoms with Gasteiger partial charge in [0.05, 0.1) is 16.9 Å². The summed E-state index contributed by atoms with van der Waals surface area (Å²) >= 11 is 5.89. The molecule has 1 heterocycles. The first-order valence-corrected chi connectivity index (χ1v) is 4.11. The SMILES string of the molecule is CN(N)/C(=N\N)c1ncc(N)cc1Cl. The van der Waals surface area contributed by atoms with Crippen LogP contribution in [0, 0.1) is 0 Å². The number of hydrogen-bond donors (Lipinski definition) is 3. The van der Waals surface area contributed by atoms with E-state index >= 15 is 0 Å². The molecule has 0 spiro atoms. The standard InChI is InChI=1S/C7H11ClN6/c1-14(11)7(13-10)6-5(8)2-4(9)3-12-6/h2-3H,9-11H2,1H3/b13-7-. The number of anilines is 1. The second kappa shape index (κ2) is 4.12. The number of nitrogens with two attached hydrogens (primary N) is 3. The second-order valence-corrected chi connectivity index (χ2v) is 3.07. The summed E-state index contributed by atoms with van der Waals surface area (Å²) in [6.07, 6.45) is 1.45. The van der Waals surface area contributed by atoms with Crippen LogP contribution in [0.5, 0.6) is 0 Å². The molecule has 76 valence electrons. The first-order valence-electron chi connectivity index (χ1n) is 3.74. The summed E-state index contributed by atoms with van der Waals surface area (Å²) in [5, 5.41) is 5.06. The lowest BCUT2D eigenvalue weighted by atomic mass is 10.3. The van der Waals surface area contributed by atoms with Gasteiger partial charge >= 0.3 is 0 Å². The first-order chi connectivity index (χ1) is 6.56. The second-order valence-electron chi connectivity index (χ2n) is 2.66. The number of hydrazone groups is 1. The van der Waals surface area contributed by atoms with E-state index in [1.807, 2.05) is 0 Å². The van der Waals surface area contributed by atoms with Gasteiger partial charge in [0, 0.05) is 7.05 Å². The van der Waals surface area contributed by atoms with E-state index in [-0.39, 0.29) is 5.84 Å². The van der Waals surface area contributed by atoms with E-state index in [2.05, 4.69) is 10.1 Å². The normalized spacial score (nSPS) is 11.5. The lowest BCUT2D eigenvalue weighted by Crippen LogP contribution is -2.35. The molecule has 0 aromatic carbocycles. The number of halogens is 1. The predicted octanol–water partition coefficient (Wildman–Crippen LogP) is -0.257. The van der Waals surface area contributed by atoms with Crippen LogP contribution in [0.15, 0.2) is 17.4 Å². The Morgan fingerprint density at radius 2 is 2.29 bits per heavy atom. The molecule has 6 nitrogen and oxygen atoms in total. The molecule has 0 saturated carbocycles. The van der Waals surface area contributed by atoms with Gasteiger partial charge in [0.1, 0.15) is 5.69 Å². The summed E-state index contributed by atoms with van der Waals surface area (Å²) in [6.45, 7) is 0. The fourth-order valence-corrected chi connectivity index (χ4v) is 1.20. The number of rotatable bonds is 1. The molecule has 1 rings (SSSR count). The molecule has 0 radical (unpaired) electrons. The van der Waals surface area contributed by atoms with Crippen LogP contribution in [0.2, 0.25) is 5.02 Å². The molecule has 1 aromatic rings. The van der Waals surface area contributed by atoms with Crippen molar-refractivity contribution in [3.8, 4) is 0 Å². The number of pyridine rings is 1. The van der Waals surface area contributed by atoms with Crippen LogP contribution in [-0.2, 0) is 0 Å². The van der Waals surface area contributed by atoms with Crippen molar-refractivity contribution in [1.29, 1.82) is 0 Å². The van der Waals surface area contributed by atoms with Gasteiger partial charge in [-0.25, -0.2) is 10.8 Å². The maximum Gasteiger partial charge on any atom is 0.189 e. The highest BCUT2D eigenvalue weighted by atomic mass is 35.5. The van der Waals surface area contributed by atoms with Gasteiger partial charge in [0.2, 0.25) is 0 Å². The molecule has 0 bridgehead atoms. The highest BCUT2D eigenvalue weighted by Gasteiger charge is 2.12.